The highest BCUT2D eigenvalue weighted by Crippen LogP contribution is 2.40. The van der Waals surface area contributed by atoms with Crippen LogP contribution in [0.4, 0.5) is 5.69 Å². The number of nitriles is 1. The predicted octanol–water partition coefficient (Wildman–Crippen LogP) is 1.41. The lowest BCUT2D eigenvalue weighted by Crippen LogP contribution is -2.51. The van der Waals surface area contributed by atoms with Crippen molar-refractivity contribution in [1.82, 2.24) is 9.97 Å². The highest BCUT2D eigenvalue weighted by atomic mass is 16.5. The van der Waals surface area contributed by atoms with E-state index in [2.05, 4.69) is 20.9 Å². The molecule has 0 aliphatic carbocycles. The summed E-state index contributed by atoms with van der Waals surface area (Å²) in [4.78, 5) is 21.1. The SMILES string of the molecule is N#Cc1c(N2CCC3(CC2)COC3)c2ccncc2[nH]c1=O. The number of ether oxygens (including phenoxy) is 1. The van der Waals surface area contributed by atoms with Gasteiger partial charge in [0.15, 0.2) is 0 Å². The number of aromatic amines is 1. The minimum Gasteiger partial charge on any atom is -0.380 e. The number of hydrogen-bond acceptors (Lipinski definition) is 5. The summed E-state index contributed by atoms with van der Waals surface area (Å²) in [6.07, 6.45) is 5.40. The summed E-state index contributed by atoms with van der Waals surface area (Å²) >= 11 is 0. The van der Waals surface area contributed by atoms with Crippen molar-refractivity contribution in [2.45, 2.75) is 12.8 Å². The molecule has 6 nitrogen and oxygen atoms in total. The van der Waals surface area contributed by atoms with Gasteiger partial charge in [-0.2, -0.15) is 5.26 Å². The molecule has 4 rings (SSSR count). The van der Waals surface area contributed by atoms with Gasteiger partial charge in [0.25, 0.3) is 5.56 Å². The molecule has 112 valence electrons. The summed E-state index contributed by atoms with van der Waals surface area (Å²) in [6.45, 7) is 3.37. The van der Waals surface area contributed by atoms with E-state index in [1.165, 1.54) is 0 Å². The van der Waals surface area contributed by atoms with Gasteiger partial charge in [0.05, 0.1) is 30.6 Å². The lowest BCUT2D eigenvalue weighted by Gasteiger charge is -2.48. The first-order chi connectivity index (χ1) is 10.7. The summed E-state index contributed by atoms with van der Waals surface area (Å²) < 4.78 is 5.36. The van der Waals surface area contributed by atoms with Gasteiger partial charge in [-0.3, -0.25) is 9.78 Å². The van der Waals surface area contributed by atoms with Crippen molar-refractivity contribution in [3.05, 3.63) is 34.4 Å². The maximum Gasteiger partial charge on any atom is 0.268 e. The number of fused-ring (bicyclic) bond motifs is 1. The van der Waals surface area contributed by atoms with Gasteiger partial charge in [0, 0.05) is 30.1 Å². The molecule has 0 aromatic carbocycles. The van der Waals surface area contributed by atoms with Gasteiger partial charge in [-0.25, -0.2) is 0 Å². The minimum absolute atomic E-state index is 0.194. The molecule has 0 atom stereocenters. The van der Waals surface area contributed by atoms with Gasteiger partial charge in [-0.1, -0.05) is 0 Å². The molecule has 2 aliphatic rings. The number of anilines is 1. The normalized spacial score (nSPS) is 19.9. The molecule has 6 heteroatoms. The van der Waals surface area contributed by atoms with Gasteiger partial charge < -0.3 is 14.6 Å². The van der Waals surface area contributed by atoms with Crippen LogP contribution < -0.4 is 10.5 Å². The lowest BCUT2D eigenvalue weighted by atomic mass is 9.76. The summed E-state index contributed by atoms with van der Waals surface area (Å²) in [5.41, 5.74) is 1.60. The molecule has 2 aliphatic heterocycles. The fourth-order valence-corrected chi connectivity index (χ4v) is 3.44. The van der Waals surface area contributed by atoms with Crippen LogP contribution in [-0.4, -0.2) is 36.3 Å². The van der Waals surface area contributed by atoms with Crippen LogP contribution in [-0.2, 0) is 4.74 Å². The van der Waals surface area contributed by atoms with E-state index < -0.39 is 0 Å². The number of nitrogens with one attached hydrogen (secondary N) is 1. The number of pyridine rings is 2. The largest absolute Gasteiger partial charge is 0.380 e. The Morgan fingerprint density at radius 1 is 1.36 bits per heavy atom. The van der Waals surface area contributed by atoms with Crippen LogP contribution in [0.3, 0.4) is 0 Å². The van der Waals surface area contributed by atoms with Gasteiger partial charge in [-0.05, 0) is 18.9 Å². The van der Waals surface area contributed by atoms with E-state index in [1.807, 2.05) is 6.07 Å². The third-order valence-electron chi connectivity index (χ3n) is 4.86. The van der Waals surface area contributed by atoms with Gasteiger partial charge >= 0.3 is 0 Å². The molecule has 2 fully saturated rings. The topological polar surface area (TPSA) is 82.0 Å². The molecule has 1 spiro atoms. The predicted molar refractivity (Wildman–Crippen MR) is 81.8 cm³/mol. The van der Waals surface area contributed by atoms with Crippen molar-refractivity contribution < 1.29 is 4.74 Å². The molecule has 0 amide bonds. The zero-order valence-corrected chi connectivity index (χ0v) is 12.1. The Kier molecular flexibility index (Phi) is 2.91. The molecular weight excluding hydrogens is 280 g/mol. The number of rotatable bonds is 1. The second-order valence-electron chi connectivity index (χ2n) is 6.19. The summed E-state index contributed by atoms with van der Waals surface area (Å²) in [5, 5.41) is 10.3. The van der Waals surface area contributed by atoms with Gasteiger partial charge in [0.1, 0.15) is 11.6 Å². The van der Waals surface area contributed by atoms with Crippen LogP contribution in [0.5, 0.6) is 0 Å². The smallest absolute Gasteiger partial charge is 0.268 e. The average molecular weight is 296 g/mol. The molecule has 0 bridgehead atoms. The van der Waals surface area contributed by atoms with Crippen molar-refractivity contribution in [2.24, 2.45) is 5.41 Å². The fraction of sp³-hybridized carbons (Fsp3) is 0.438. The molecule has 0 unspecified atom stereocenters. The first-order valence-electron chi connectivity index (χ1n) is 7.45. The van der Waals surface area contributed by atoms with Crippen LogP contribution in [0.2, 0.25) is 0 Å². The number of hydrogen-bond donors (Lipinski definition) is 1. The number of aromatic nitrogens is 2. The van der Waals surface area contributed by atoms with E-state index in [0.29, 0.717) is 10.9 Å². The number of nitrogens with zero attached hydrogens (tertiary/aromatic N) is 3. The van der Waals surface area contributed by atoms with Crippen molar-refractivity contribution in [2.75, 3.05) is 31.2 Å². The monoisotopic (exact) mass is 296 g/mol. The summed E-state index contributed by atoms with van der Waals surface area (Å²) in [5.74, 6) is 0. The highest BCUT2D eigenvalue weighted by Gasteiger charge is 2.41. The van der Waals surface area contributed by atoms with E-state index in [1.54, 1.807) is 12.4 Å². The summed E-state index contributed by atoms with van der Waals surface area (Å²) in [7, 11) is 0. The zero-order valence-electron chi connectivity index (χ0n) is 12.1. The number of H-pyrrole nitrogens is 1. The Hall–Kier alpha value is -2.39. The van der Waals surface area contributed by atoms with Crippen molar-refractivity contribution in [3.63, 3.8) is 0 Å². The Bertz CT molecular complexity index is 822. The van der Waals surface area contributed by atoms with Crippen molar-refractivity contribution >= 4 is 16.6 Å². The second kappa shape index (κ2) is 4.82. The molecule has 0 radical (unpaired) electrons. The van der Waals surface area contributed by atoms with Crippen molar-refractivity contribution in [3.8, 4) is 6.07 Å². The zero-order chi connectivity index (χ0) is 15.2. The fourth-order valence-electron chi connectivity index (χ4n) is 3.44. The molecule has 1 N–H and O–H groups in total. The maximum absolute atomic E-state index is 12.2. The molecule has 2 aromatic rings. The quantitative estimate of drug-likeness (QED) is 0.860. The van der Waals surface area contributed by atoms with E-state index in [0.717, 1.165) is 50.2 Å². The molecular formula is C16H16N4O2. The third-order valence-corrected chi connectivity index (χ3v) is 4.86. The summed E-state index contributed by atoms with van der Waals surface area (Å²) in [6, 6.07) is 3.93. The Balaban J connectivity index is 1.80. The van der Waals surface area contributed by atoms with Crippen LogP contribution in [0, 0.1) is 16.7 Å². The molecule has 0 saturated carbocycles. The highest BCUT2D eigenvalue weighted by molar-refractivity contribution is 5.93. The van der Waals surface area contributed by atoms with Crippen molar-refractivity contribution in [1.29, 1.82) is 5.26 Å². The van der Waals surface area contributed by atoms with E-state index in [4.69, 9.17) is 4.74 Å². The van der Waals surface area contributed by atoms with Crippen LogP contribution in [0.1, 0.15) is 18.4 Å². The van der Waals surface area contributed by atoms with Crippen LogP contribution in [0.15, 0.2) is 23.3 Å². The first kappa shape index (κ1) is 13.3. The van der Waals surface area contributed by atoms with Crippen LogP contribution in [0.25, 0.3) is 10.9 Å². The van der Waals surface area contributed by atoms with E-state index in [-0.39, 0.29) is 11.1 Å². The van der Waals surface area contributed by atoms with E-state index >= 15 is 0 Å². The molecule has 2 saturated heterocycles. The van der Waals surface area contributed by atoms with Crippen LogP contribution >= 0.6 is 0 Å². The first-order valence-corrected chi connectivity index (χ1v) is 7.45. The van der Waals surface area contributed by atoms with E-state index in [9.17, 15) is 10.1 Å². The molecule has 2 aromatic heterocycles. The number of piperidine rings is 1. The third kappa shape index (κ3) is 1.90. The molecule has 4 heterocycles. The second-order valence-corrected chi connectivity index (χ2v) is 6.19. The van der Waals surface area contributed by atoms with Gasteiger partial charge in [-0.15, -0.1) is 0 Å². The minimum atomic E-state index is -0.342. The molecule has 22 heavy (non-hydrogen) atoms. The Morgan fingerprint density at radius 2 is 2.14 bits per heavy atom. The Labute approximate surface area is 127 Å². The average Bonchev–Trinajstić information content (AvgIpc) is 2.52. The lowest BCUT2D eigenvalue weighted by molar-refractivity contribution is -0.124. The Morgan fingerprint density at radius 3 is 2.77 bits per heavy atom. The standard InChI is InChI=1S/C16H16N4O2/c17-7-12-14(11-1-4-18-8-13(11)19-15(12)21)20-5-2-16(3-6-20)9-22-10-16/h1,4,8H,2-3,5-6,9-10H2,(H,19,21). The maximum atomic E-state index is 12.2. The van der Waals surface area contributed by atoms with Gasteiger partial charge in [0.2, 0.25) is 0 Å².